The maximum absolute atomic E-state index is 14.0. The van der Waals surface area contributed by atoms with E-state index in [-0.39, 0.29) is 22.7 Å². The SMILES string of the molecule is Cc1ccc2c(c1)SC(CC(=O)O)C(=O)N2Cc1nc2c(F)c(F)cc(F)c2s1. The van der Waals surface area contributed by atoms with Crippen molar-refractivity contribution in [2.45, 2.75) is 30.0 Å². The second-order valence-electron chi connectivity index (χ2n) is 6.54. The van der Waals surface area contributed by atoms with E-state index in [4.69, 9.17) is 5.11 Å². The quantitative estimate of drug-likeness (QED) is 0.608. The number of amides is 1. The molecule has 1 aromatic heterocycles. The second kappa shape index (κ2) is 7.34. The molecular weight excluding hydrogens is 425 g/mol. The van der Waals surface area contributed by atoms with Crippen LogP contribution >= 0.6 is 23.1 Å². The molecule has 5 nitrogen and oxygen atoms in total. The number of anilines is 1. The van der Waals surface area contributed by atoms with E-state index < -0.39 is 40.1 Å². The third-order valence-corrected chi connectivity index (χ3v) is 6.71. The number of hydrogen-bond donors (Lipinski definition) is 1. The molecule has 0 radical (unpaired) electrons. The number of carboxylic acid groups (broad SMARTS) is 1. The largest absolute Gasteiger partial charge is 0.481 e. The number of carbonyl (C=O) groups is 2. The Morgan fingerprint density at radius 1 is 1.24 bits per heavy atom. The predicted octanol–water partition coefficient (Wildman–Crippen LogP) is 4.50. The minimum atomic E-state index is -1.33. The fraction of sp³-hybridized carbons (Fsp3) is 0.211. The van der Waals surface area contributed by atoms with Gasteiger partial charge in [-0.05, 0) is 24.6 Å². The number of carbonyl (C=O) groups excluding carboxylic acids is 1. The van der Waals surface area contributed by atoms with Gasteiger partial charge in [-0.1, -0.05) is 6.07 Å². The highest BCUT2D eigenvalue weighted by Gasteiger charge is 2.35. The van der Waals surface area contributed by atoms with Crippen molar-refractivity contribution in [3.8, 4) is 0 Å². The summed E-state index contributed by atoms with van der Waals surface area (Å²) in [6.45, 7) is 1.77. The molecule has 1 amide bonds. The zero-order valence-corrected chi connectivity index (χ0v) is 16.5. The number of carboxylic acids is 1. The van der Waals surface area contributed by atoms with E-state index in [0.717, 1.165) is 21.8 Å². The normalized spacial score (nSPS) is 16.3. The standard InChI is InChI=1S/C19H13F3N2O3S2/c1-8-2-3-11-12(4-8)28-13(6-15(25)26)19(27)24(11)7-14-23-17-16(22)9(20)5-10(21)18(17)29-14/h2-5,13H,6-7H2,1H3,(H,25,26). The molecule has 0 fully saturated rings. The van der Waals surface area contributed by atoms with Gasteiger partial charge in [0, 0.05) is 11.0 Å². The van der Waals surface area contributed by atoms with E-state index in [1.54, 1.807) is 6.07 Å². The van der Waals surface area contributed by atoms with Crippen molar-refractivity contribution < 1.29 is 27.9 Å². The lowest BCUT2D eigenvalue weighted by molar-refractivity contribution is -0.138. The summed E-state index contributed by atoms with van der Waals surface area (Å²) >= 11 is 2.00. The topological polar surface area (TPSA) is 70.5 Å². The summed E-state index contributed by atoms with van der Waals surface area (Å²) in [5, 5.41) is 8.51. The molecule has 2 aromatic carbocycles. The fourth-order valence-corrected chi connectivity index (χ4v) is 5.38. The minimum Gasteiger partial charge on any atom is -0.481 e. The molecule has 1 aliphatic rings. The Hall–Kier alpha value is -2.59. The first-order valence-corrected chi connectivity index (χ1v) is 10.2. The van der Waals surface area contributed by atoms with Gasteiger partial charge >= 0.3 is 5.97 Å². The van der Waals surface area contributed by atoms with Crippen molar-refractivity contribution in [2.24, 2.45) is 0 Å². The first-order valence-electron chi connectivity index (χ1n) is 8.48. The molecule has 0 bridgehead atoms. The van der Waals surface area contributed by atoms with Crippen molar-refractivity contribution in [1.29, 1.82) is 0 Å². The lowest BCUT2D eigenvalue weighted by Gasteiger charge is -2.33. The van der Waals surface area contributed by atoms with Gasteiger partial charge in [-0.3, -0.25) is 9.59 Å². The second-order valence-corrected chi connectivity index (χ2v) is 8.87. The Morgan fingerprint density at radius 2 is 2.00 bits per heavy atom. The van der Waals surface area contributed by atoms with E-state index in [1.165, 1.54) is 16.7 Å². The summed E-state index contributed by atoms with van der Waals surface area (Å²) in [5.41, 5.74) is 1.09. The van der Waals surface area contributed by atoms with Gasteiger partial charge in [-0.25, -0.2) is 18.2 Å². The fourth-order valence-electron chi connectivity index (χ4n) is 3.12. The predicted molar refractivity (Wildman–Crippen MR) is 104 cm³/mol. The number of aliphatic carboxylic acids is 1. The molecule has 150 valence electrons. The van der Waals surface area contributed by atoms with Gasteiger partial charge in [-0.15, -0.1) is 23.1 Å². The number of hydrogen-bond acceptors (Lipinski definition) is 5. The first kappa shape index (κ1) is 19.7. The van der Waals surface area contributed by atoms with Crippen molar-refractivity contribution in [1.82, 2.24) is 4.98 Å². The van der Waals surface area contributed by atoms with Crippen LogP contribution in [0.5, 0.6) is 0 Å². The smallest absolute Gasteiger partial charge is 0.305 e. The molecule has 0 aliphatic carbocycles. The summed E-state index contributed by atoms with van der Waals surface area (Å²) in [4.78, 5) is 30.2. The Labute approximate surface area is 171 Å². The lowest BCUT2D eigenvalue weighted by atomic mass is 10.1. The third-order valence-electron chi connectivity index (χ3n) is 4.43. The highest BCUT2D eigenvalue weighted by Crippen LogP contribution is 2.42. The zero-order chi connectivity index (χ0) is 20.9. The van der Waals surface area contributed by atoms with Gasteiger partial charge in [0.15, 0.2) is 11.6 Å². The molecule has 29 heavy (non-hydrogen) atoms. The Bertz CT molecular complexity index is 1170. The molecule has 3 aromatic rings. The number of aryl methyl sites for hydroxylation is 1. The van der Waals surface area contributed by atoms with Crippen LogP contribution in [-0.4, -0.2) is 27.2 Å². The van der Waals surface area contributed by atoms with Crippen LogP contribution in [0.25, 0.3) is 10.2 Å². The van der Waals surface area contributed by atoms with Gasteiger partial charge in [0.05, 0.1) is 28.6 Å². The van der Waals surface area contributed by atoms with Gasteiger partial charge in [0.2, 0.25) is 5.91 Å². The van der Waals surface area contributed by atoms with Crippen LogP contribution < -0.4 is 4.90 Å². The molecule has 0 saturated carbocycles. The third kappa shape index (κ3) is 3.58. The molecule has 2 heterocycles. The summed E-state index contributed by atoms with van der Waals surface area (Å²) in [6.07, 6.45) is -0.359. The number of nitrogens with zero attached hydrogens (tertiary/aromatic N) is 2. The van der Waals surface area contributed by atoms with Crippen LogP contribution in [0.3, 0.4) is 0 Å². The molecule has 1 unspecified atom stereocenters. The molecule has 1 aliphatic heterocycles. The van der Waals surface area contributed by atoms with Gasteiger partial charge in [-0.2, -0.15) is 0 Å². The minimum absolute atomic E-state index is 0.106. The van der Waals surface area contributed by atoms with Crippen LogP contribution in [-0.2, 0) is 16.1 Å². The number of fused-ring (bicyclic) bond motifs is 2. The van der Waals surface area contributed by atoms with Gasteiger partial charge < -0.3 is 10.0 Å². The van der Waals surface area contributed by atoms with Gasteiger partial charge in [0.25, 0.3) is 0 Å². The number of aromatic nitrogens is 1. The van der Waals surface area contributed by atoms with Crippen molar-refractivity contribution in [2.75, 3.05) is 4.90 Å². The molecule has 0 spiro atoms. The molecule has 10 heteroatoms. The van der Waals surface area contributed by atoms with Crippen LogP contribution in [0.4, 0.5) is 18.9 Å². The number of rotatable bonds is 4. The lowest BCUT2D eigenvalue weighted by Crippen LogP contribution is -2.41. The van der Waals surface area contributed by atoms with E-state index >= 15 is 0 Å². The zero-order valence-electron chi connectivity index (χ0n) is 14.9. The van der Waals surface area contributed by atoms with E-state index in [1.807, 2.05) is 19.1 Å². The molecule has 1 N–H and O–H groups in total. The maximum atomic E-state index is 14.0. The Balaban J connectivity index is 1.76. The van der Waals surface area contributed by atoms with E-state index in [0.29, 0.717) is 11.8 Å². The van der Waals surface area contributed by atoms with Crippen LogP contribution in [0, 0.1) is 24.4 Å². The summed E-state index contributed by atoms with van der Waals surface area (Å²) < 4.78 is 41.3. The molecule has 0 saturated heterocycles. The van der Waals surface area contributed by atoms with E-state index in [9.17, 15) is 22.8 Å². The highest BCUT2D eigenvalue weighted by molar-refractivity contribution is 8.01. The maximum Gasteiger partial charge on any atom is 0.305 e. The number of halogens is 3. The van der Waals surface area contributed by atoms with Gasteiger partial charge in [0.1, 0.15) is 16.3 Å². The molecule has 1 atom stereocenters. The van der Waals surface area contributed by atoms with Crippen molar-refractivity contribution >= 4 is 50.9 Å². The average molecular weight is 438 g/mol. The summed E-state index contributed by atoms with van der Waals surface area (Å²) in [7, 11) is 0. The van der Waals surface area contributed by atoms with Crippen molar-refractivity contribution in [3.05, 3.63) is 52.3 Å². The first-order chi connectivity index (χ1) is 13.7. The summed E-state index contributed by atoms with van der Waals surface area (Å²) in [6, 6.07) is 5.86. The summed E-state index contributed by atoms with van der Waals surface area (Å²) in [5.74, 6) is -5.04. The van der Waals surface area contributed by atoms with Crippen LogP contribution in [0.15, 0.2) is 29.2 Å². The monoisotopic (exact) mass is 438 g/mol. The Morgan fingerprint density at radius 3 is 2.72 bits per heavy atom. The Kier molecular flexibility index (Phi) is 4.99. The highest BCUT2D eigenvalue weighted by atomic mass is 32.2. The van der Waals surface area contributed by atoms with E-state index in [2.05, 4.69) is 4.98 Å². The number of benzene rings is 2. The number of thiazole rings is 1. The molecule has 4 rings (SSSR count). The molecular formula is C19H13F3N2O3S2. The van der Waals surface area contributed by atoms with Crippen LogP contribution in [0.2, 0.25) is 0 Å². The average Bonchev–Trinajstić information content (AvgIpc) is 3.07. The van der Waals surface area contributed by atoms with Crippen molar-refractivity contribution in [3.63, 3.8) is 0 Å². The van der Waals surface area contributed by atoms with Crippen LogP contribution in [0.1, 0.15) is 17.0 Å². The number of thioether (sulfide) groups is 1.